The molecule has 1 N–H and O–H groups in total. The van der Waals surface area contributed by atoms with E-state index < -0.39 is 16.6 Å². The summed E-state index contributed by atoms with van der Waals surface area (Å²) < 4.78 is 19.2. The van der Waals surface area contributed by atoms with Crippen molar-refractivity contribution in [2.75, 3.05) is 12.4 Å². The van der Waals surface area contributed by atoms with Gasteiger partial charge in [-0.2, -0.15) is 0 Å². The summed E-state index contributed by atoms with van der Waals surface area (Å²) in [6.07, 6.45) is 0. The van der Waals surface area contributed by atoms with Gasteiger partial charge in [-0.1, -0.05) is 0 Å². The lowest BCUT2D eigenvalue weighted by atomic mass is 10.2. The summed E-state index contributed by atoms with van der Waals surface area (Å²) in [5.74, 6) is -0.813. The summed E-state index contributed by atoms with van der Waals surface area (Å²) in [5.41, 5.74) is -0.322. The number of carbonyl (C=O) groups excluding carboxylic acids is 1. The normalized spacial score (nSPS) is 10.1. The predicted octanol–water partition coefficient (Wildman–Crippen LogP) is 3.76. The Morgan fingerprint density at radius 1 is 1.32 bits per heavy atom. The third kappa shape index (κ3) is 3.40. The molecular formula is C14H10BrFN2O4. The molecule has 0 aliphatic heterocycles. The third-order valence-electron chi connectivity index (χ3n) is 2.82. The van der Waals surface area contributed by atoms with Crippen LogP contribution < -0.4 is 10.1 Å². The van der Waals surface area contributed by atoms with E-state index in [4.69, 9.17) is 4.74 Å². The maximum Gasteiger partial charge on any atom is 0.271 e. The summed E-state index contributed by atoms with van der Waals surface area (Å²) in [6.45, 7) is 0. The highest BCUT2D eigenvalue weighted by Gasteiger charge is 2.15. The van der Waals surface area contributed by atoms with E-state index in [2.05, 4.69) is 21.2 Å². The second-order valence-electron chi connectivity index (χ2n) is 4.22. The van der Waals surface area contributed by atoms with Gasteiger partial charge in [-0.15, -0.1) is 0 Å². The summed E-state index contributed by atoms with van der Waals surface area (Å²) in [5, 5.41) is 13.0. The van der Waals surface area contributed by atoms with Crippen LogP contribution in [-0.4, -0.2) is 17.9 Å². The van der Waals surface area contributed by atoms with Gasteiger partial charge < -0.3 is 10.1 Å². The molecule has 0 saturated heterocycles. The molecule has 0 aliphatic carbocycles. The Morgan fingerprint density at radius 3 is 2.64 bits per heavy atom. The number of nitro groups is 1. The number of nitrogens with zero attached hydrogens (tertiary/aromatic N) is 1. The number of methoxy groups -OCH3 is 1. The number of rotatable bonds is 4. The Labute approximate surface area is 133 Å². The van der Waals surface area contributed by atoms with Crippen molar-refractivity contribution in [3.63, 3.8) is 0 Å². The smallest absolute Gasteiger partial charge is 0.271 e. The van der Waals surface area contributed by atoms with Crippen LogP contribution in [0.4, 0.5) is 15.8 Å². The van der Waals surface area contributed by atoms with Crippen LogP contribution in [0.2, 0.25) is 0 Å². The molecule has 0 heterocycles. The summed E-state index contributed by atoms with van der Waals surface area (Å²) in [4.78, 5) is 22.1. The quantitative estimate of drug-likeness (QED) is 0.657. The van der Waals surface area contributed by atoms with Crippen LogP contribution in [0.5, 0.6) is 5.75 Å². The molecule has 6 nitrogen and oxygen atoms in total. The minimum atomic E-state index is -0.758. The van der Waals surface area contributed by atoms with E-state index in [1.54, 1.807) is 6.07 Å². The minimum Gasteiger partial charge on any atom is -0.496 e. The molecule has 0 spiro atoms. The van der Waals surface area contributed by atoms with Crippen LogP contribution in [0.15, 0.2) is 40.9 Å². The highest BCUT2D eigenvalue weighted by atomic mass is 79.9. The number of carbonyl (C=O) groups is 1. The zero-order valence-corrected chi connectivity index (χ0v) is 12.9. The Bertz CT molecular complexity index is 752. The molecule has 1 amide bonds. The zero-order valence-electron chi connectivity index (χ0n) is 11.3. The first-order valence-corrected chi connectivity index (χ1v) is 6.80. The van der Waals surface area contributed by atoms with E-state index in [-0.39, 0.29) is 16.9 Å². The Hall–Kier alpha value is -2.48. The van der Waals surface area contributed by atoms with Gasteiger partial charge in [0.2, 0.25) is 0 Å². The fourth-order valence-corrected chi connectivity index (χ4v) is 2.27. The lowest BCUT2D eigenvalue weighted by Crippen LogP contribution is -2.13. The van der Waals surface area contributed by atoms with E-state index in [9.17, 15) is 19.3 Å². The van der Waals surface area contributed by atoms with Gasteiger partial charge in [0.25, 0.3) is 11.6 Å². The molecule has 0 fully saturated rings. The largest absolute Gasteiger partial charge is 0.496 e. The molecule has 2 aromatic rings. The fourth-order valence-electron chi connectivity index (χ4n) is 1.72. The van der Waals surface area contributed by atoms with Gasteiger partial charge in [-0.25, -0.2) is 4.39 Å². The van der Waals surface area contributed by atoms with Crippen LogP contribution in [0.25, 0.3) is 0 Å². The number of hydrogen-bond acceptors (Lipinski definition) is 4. The predicted molar refractivity (Wildman–Crippen MR) is 81.7 cm³/mol. The fraction of sp³-hybridized carbons (Fsp3) is 0.0714. The van der Waals surface area contributed by atoms with Crippen LogP contribution in [-0.2, 0) is 0 Å². The summed E-state index contributed by atoms with van der Waals surface area (Å²) in [6, 6.07) is 7.48. The molecule has 0 unspecified atom stereocenters. The number of hydrogen-bond donors (Lipinski definition) is 1. The Morgan fingerprint density at radius 2 is 2.05 bits per heavy atom. The average molecular weight is 369 g/mol. The number of nitrogens with one attached hydrogen (secondary N) is 1. The zero-order chi connectivity index (χ0) is 16.3. The first-order chi connectivity index (χ1) is 10.4. The molecule has 0 aliphatic rings. The molecule has 0 saturated carbocycles. The number of halogens is 2. The third-order valence-corrected chi connectivity index (χ3v) is 3.44. The molecule has 0 bridgehead atoms. The SMILES string of the molecule is COc1ccc(C(=O)Nc2cc([N+](=O)[O-])ccc2F)cc1Br. The number of ether oxygens (including phenoxy) is 1. The first-order valence-electron chi connectivity index (χ1n) is 6.01. The molecule has 0 aromatic heterocycles. The first kappa shape index (κ1) is 15.9. The number of non-ortho nitro benzene ring substituents is 1. The highest BCUT2D eigenvalue weighted by molar-refractivity contribution is 9.10. The van der Waals surface area contributed by atoms with Crippen molar-refractivity contribution in [2.45, 2.75) is 0 Å². The van der Waals surface area contributed by atoms with Gasteiger partial charge >= 0.3 is 0 Å². The van der Waals surface area contributed by atoms with Gasteiger partial charge in [-0.05, 0) is 40.2 Å². The number of nitro benzene ring substituents is 1. The van der Waals surface area contributed by atoms with Gasteiger partial charge in [0.1, 0.15) is 11.6 Å². The second-order valence-corrected chi connectivity index (χ2v) is 5.08. The second kappa shape index (κ2) is 6.52. The standard InChI is InChI=1S/C14H10BrFN2O4/c1-22-13-5-2-8(6-10(13)15)14(19)17-12-7-9(18(20)21)3-4-11(12)16/h2-7H,1H3,(H,17,19). The van der Waals surface area contributed by atoms with Gasteiger partial charge in [-0.3, -0.25) is 14.9 Å². The van der Waals surface area contributed by atoms with Crippen LogP contribution >= 0.6 is 15.9 Å². The van der Waals surface area contributed by atoms with Crippen LogP contribution in [0, 0.1) is 15.9 Å². The molecule has 2 aromatic carbocycles. The number of benzene rings is 2. The van der Waals surface area contributed by atoms with Crippen molar-refractivity contribution >= 4 is 33.2 Å². The van der Waals surface area contributed by atoms with Gasteiger partial charge in [0.15, 0.2) is 0 Å². The Balaban J connectivity index is 2.27. The van der Waals surface area contributed by atoms with E-state index in [0.29, 0.717) is 10.2 Å². The van der Waals surface area contributed by atoms with Gasteiger partial charge in [0, 0.05) is 17.7 Å². The van der Waals surface area contributed by atoms with Crippen LogP contribution in [0.1, 0.15) is 10.4 Å². The van der Waals surface area contributed by atoms with Crippen molar-refractivity contribution < 1.29 is 18.8 Å². The highest BCUT2D eigenvalue weighted by Crippen LogP contribution is 2.26. The van der Waals surface area contributed by atoms with E-state index in [0.717, 1.165) is 18.2 Å². The topological polar surface area (TPSA) is 81.5 Å². The molecule has 8 heteroatoms. The summed E-state index contributed by atoms with van der Waals surface area (Å²) >= 11 is 3.24. The molecule has 22 heavy (non-hydrogen) atoms. The van der Waals surface area contributed by atoms with Crippen LogP contribution in [0.3, 0.4) is 0 Å². The van der Waals surface area contributed by atoms with Crippen molar-refractivity contribution in [1.29, 1.82) is 0 Å². The minimum absolute atomic E-state index is 0.249. The van der Waals surface area contributed by atoms with Gasteiger partial charge in [0.05, 0.1) is 22.2 Å². The molecule has 0 radical (unpaired) electrons. The molecular weight excluding hydrogens is 359 g/mol. The van der Waals surface area contributed by atoms with Crippen molar-refractivity contribution in [3.8, 4) is 5.75 Å². The number of anilines is 1. The lowest BCUT2D eigenvalue weighted by molar-refractivity contribution is -0.384. The molecule has 2 rings (SSSR count). The van der Waals surface area contributed by atoms with E-state index >= 15 is 0 Å². The monoisotopic (exact) mass is 368 g/mol. The summed E-state index contributed by atoms with van der Waals surface area (Å²) in [7, 11) is 1.48. The molecule has 114 valence electrons. The average Bonchev–Trinajstić information content (AvgIpc) is 2.49. The van der Waals surface area contributed by atoms with Crippen molar-refractivity contribution in [2.24, 2.45) is 0 Å². The van der Waals surface area contributed by atoms with E-state index in [1.807, 2.05) is 0 Å². The molecule has 0 atom stereocenters. The lowest BCUT2D eigenvalue weighted by Gasteiger charge is -2.08. The van der Waals surface area contributed by atoms with E-state index in [1.165, 1.54) is 19.2 Å². The number of amides is 1. The van der Waals surface area contributed by atoms with Crippen molar-refractivity contribution in [1.82, 2.24) is 0 Å². The maximum atomic E-state index is 13.6. The maximum absolute atomic E-state index is 13.6. The Kier molecular flexibility index (Phi) is 4.71. The van der Waals surface area contributed by atoms with Crippen molar-refractivity contribution in [3.05, 3.63) is 62.4 Å².